The van der Waals surface area contributed by atoms with E-state index in [9.17, 15) is 13.2 Å². The van der Waals surface area contributed by atoms with Gasteiger partial charge >= 0.3 is 6.18 Å². The molecule has 1 aromatic carbocycles. The Morgan fingerprint density at radius 2 is 1.63 bits per heavy atom. The molecule has 5 heteroatoms. The third-order valence-corrected chi connectivity index (χ3v) is 2.92. The van der Waals surface area contributed by atoms with Crippen LogP contribution in [0.15, 0.2) is 24.3 Å². The van der Waals surface area contributed by atoms with Crippen molar-refractivity contribution in [2.75, 3.05) is 24.5 Å². The summed E-state index contributed by atoms with van der Waals surface area (Å²) < 4.78 is 36.5. The SMILES string of the molecule is Cc1ccc(N(CCCN)CCCC(F)(F)F)cc1. The van der Waals surface area contributed by atoms with Gasteiger partial charge in [-0.05, 0) is 38.4 Å². The van der Waals surface area contributed by atoms with E-state index in [1.54, 1.807) is 0 Å². The van der Waals surface area contributed by atoms with Crippen LogP contribution in [0.3, 0.4) is 0 Å². The number of rotatable bonds is 7. The molecule has 0 saturated carbocycles. The first-order valence-electron chi connectivity index (χ1n) is 6.51. The van der Waals surface area contributed by atoms with Crippen molar-refractivity contribution in [3.63, 3.8) is 0 Å². The van der Waals surface area contributed by atoms with Crippen LogP contribution in [0, 0.1) is 6.92 Å². The number of halogens is 3. The molecule has 0 spiro atoms. The van der Waals surface area contributed by atoms with E-state index in [-0.39, 0.29) is 6.42 Å². The van der Waals surface area contributed by atoms with Gasteiger partial charge < -0.3 is 10.6 Å². The van der Waals surface area contributed by atoms with Gasteiger partial charge in [-0.2, -0.15) is 13.2 Å². The molecule has 0 aliphatic heterocycles. The van der Waals surface area contributed by atoms with E-state index in [2.05, 4.69) is 0 Å². The summed E-state index contributed by atoms with van der Waals surface area (Å²) in [5.74, 6) is 0. The predicted molar refractivity (Wildman–Crippen MR) is 72.4 cm³/mol. The molecule has 0 atom stereocenters. The highest BCUT2D eigenvalue weighted by Crippen LogP contribution is 2.23. The molecule has 0 unspecified atom stereocenters. The largest absolute Gasteiger partial charge is 0.389 e. The van der Waals surface area contributed by atoms with E-state index in [1.807, 2.05) is 36.1 Å². The normalized spacial score (nSPS) is 11.6. The molecule has 0 aliphatic carbocycles. The summed E-state index contributed by atoms with van der Waals surface area (Å²) in [5.41, 5.74) is 7.57. The highest BCUT2D eigenvalue weighted by Gasteiger charge is 2.26. The number of alkyl halides is 3. The van der Waals surface area contributed by atoms with Crippen LogP contribution in [0.4, 0.5) is 18.9 Å². The number of aryl methyl sites for hydroxylation is 1. The molecule has 0 amide bonds. The number of benzene rings is 1. The first kappa shape index (κ1) is 15.8. The zero-order chi connectivity index (χ0) is 14.3. The van der Waals surface area contributed by atoms with Gasteiger partial charge in [-0.1, -0.05) is 17.7 Å². The summed E-state index contributed by atoms with van der Waals surface area (Å²) in [6.07, 6.45) is -3.92. The Morgan fingerprint density at radius 3 is 2.16 bits per heavy atom. The first-order chi connectivity index (χ1) is 8.92. The standard InChI is InChI=1S/C14H21F3N2/c1-12-4-6-13(7-5-12)19(11-3-9-18)10-2-8-14(15,16)17/h4-7H,2-3,8-11,18H2,1H3. The fourth-order valence-electron chi connectivity index (χ4n) is 1.88. The van der Waals surface area contributed by atoms with Crippen molar-refractivity contribution in [3.8, 4) is 0 Å². The molecule has 0 heterocycles. The summed E-state index contributed by atoms with van der Waals surface area (Å²) >= 11 is 0. The molecule has 108 valence electrons. The van der Waals surface area contributed by atoms with Crippen LogP contribution in [-0.4, -0.2) is 25.8 Å². The summed E-state index contributed by atoms with van der Waals surface area (Å²) in [6.45, 7) is 3.62. The van der Waals surface area contributed by atoms with E-state index >= 15 is 0 Å². The molecule has 0 saturated heterocycles. The van der Waals surface area contributed by atoms with Crippen molar-refractivity contribution < 1.29 is 13.2 Å². The molecule has 1 rings (SSSR count). The van der Waals surface area contributed by atoms with E-state index < -0.39 is 12.6 Å². The second kappa shape index (κ2) is 7.38. The van der Waals surface area contributed by atoms with E-state index in [1.165, 1.54) is 0 Å². The molecule has 0 aromatic heterocycles. The minimum Gasteiger partial charge on any atom is -0.371 e. The van der Waals surface area contributed by atoms with Gasteiger partial charge in [-0.25, -0.2) is 0 Å². The minimum absolute atomic E-state index is 0.113. The van der Waals surface area contributed by atoms with Gasteiger partial charge in [0.05, 0.1) is 0 Å². The van der Waals surface area contributed by atoms with Gasteiger partial charge in [0.25, 0.3) is 0 Å². The van der Waals surface area contributed by atoms with Gasteiger partial charge in [-0.3, -0.25) is 0 Å². The Bertz CT molecular complexity index is 360. The zero-order valence-corrected chi connectivity index (χ0v) is 11.2. The van der Waals surface area contributed by atoms with Crippen LogP contribution in [0.1, 0.15) is 24.8 Å². The second-order valence-electron chi connectivity index (χ2n) is 4.68. The lowest BCUT2D eigenvalue weighted by atomic mass is 10.2. The Kier molecular flexibility index (Phi) is 6.15. The van der Waals surface area contributed by atoms with Crippen molar-refractivity contribution in [1.82, 2.24) is 0 Å². The molecule has 19 heavy (non-hydrogen) atoms. The van der Waals surface area contributed by atoms with Crippen LogP contribution in [-0.2, 0) is 0 Å². The lowest BCUT2D eigenvalue weighted by Gasteiger charge is -2.25. The lowest BCUT2D eigenvalue weighted by Crippen LogP contribution is -2.28. The molecule has 2 nitrogen and oxygen atoms in total. The van der Waals surface area contributed by atoms with Crippen LogP contribution in [0.25, 0.3) is 0 Å². The van der Waals surface area contributed by atoms with Gasteiger partial charge in [-0.15, -0.1) is 0 Å². The molecular formula is C14H21F3N2. The third kappa shape index (κ3) is 6.47. The average Bonchev–Trinajstić information content (AvgIpc) is 2.33. The zero-order valence-electron chi connectivity index (χ0n) is 11.2. The fraction of sp³-hybridized carbons (Fsp3) is 0.571. The van der Waals surface area contributed by atoms with Crippen molar-refractivity contribution in [2.45, 2.75) is 32.4 Å². The summed E-state index contributed by atoms with van der Waals surface area (Å²) in [5, 5.41) is 0. The van der Waals surface area contributed by atoms with Crippen molar-refractivity contribution in [2.24, 2.45) is 5.73 Å². The fourth-order valence-corrected chi connectivity index (χ4v) is 1.88. The third-order valence-electron chi connectivity index (χ3n) is 2.92. The number of hydrogen-bond donors (Lipinski definition) is 1. The molecule has 1 aromatic rings. The van der Waals surface area contributed by atoms with Crippen molar-refractivity contribution in [3.05, 3.63) is 29.8 Å². The molecular weight excluding hydrogens is 253 g/mol. The number of hydrogen-bond acceptors (Lipinski definition) is 2. The van der Waals surface area contributed by atoms with Crippen molar-refractivity contribution in [1.29, 1.82) is 0 Å². The Hall–Kier alpha value is -1.23. The molecule has 0 radical (unpaired) electrons. The van der Waals surface area contributed by atoms with Crippen molar-refractivity contribution >= 4 is 5.69 Å². The summed E-state index contributed by atoms with van der Waals surface area (Å²) in [7, 11) is 0. The molecule has 0 aliphatic rings. The second-order valence-corrected chi connectivity index (χ2v) is 4.68. The highest BCUT2D eigenvalue weighted by molar-refractivity contribution is 5.47. The van der Waals surface area contributed by atoms with Crippen LogP contribution >= 0.6 is 0 Å². The van der Waals surface area contributed by atoms with Crippen LogP contribution in [0.5, 0.6) is 0 Å². The molecule has 2 N–H and O–H groups in total. The number of nitrogens with two attached hydrogens (primary N) is 1. The lowest BCUT2D eigenvalue weighted by molar-refractivity contribution is -0.135. The maximum absolute atomic E-state index is 12.2. The maximum Gasteiger partial charge on any atom is 0.389 e. The highest BCUT2D eigenvalue weighted by atomic mass is 19.4. The Morgan fingerprint density at radius 1 is 1.05 bits per heavy atom. The van der Waals surface area contributed by atoms with E-state index in [0.717, 1.165) is 17.7 Å². The Labute approximate surface area is 112 Å². The van der Waals surface area contributed by atoms with Crippen LogP contribution in [0.2, 0.25) is 0 Å². The van der Waals surface area contributed by atoms with E-state index in [4.69, 9.17) is 5.73 Å². The quantitative estimate of drug-likeness (QED) is 0.824. The molecule has 0 bridgehead atoms. The summed E-state index contributed by atoms with van der Waals surface area (Å²) in [6, 6.07) is 7.82. The summed E-state index contributed by atoms with van der Waals surface area (Å²) in [4.78, 5) is 1.97. The molecule has 0 fully saturated rings. The minimum atomic E-state index is -4.08. The van der Waals surface area contributed by atoms with Gasteiger partial charge in [0, 0.05) is 25.2 Å². The maximum atomic E-state index is 12.2. The van der Waals surface area contributed by atoms with Gasteiger partial charge in [0.2, 0.25) is 0 Å². The predicted octanol–water partition coefficient (Wildman–Crippen LogP) is 3.49. The number of anilines is 1. The Balaban J connectivity index is 2.58. The topological polar surface area (TPSA) is 29.3 Å². The monoisotopic (exact) mass is 274 g/mol. The first-order valence-corrected chi connectivity index (χ1v) is 6.51. The average molecular weight is 274 g/mol. The van der Waals surface area contributed by atoms with Crippen LogP contribution < -0.4 is 10.6 Å². The van der Waals surface area contributed by atoms with E-state index in [0.29, 0.717) is 19.6 Å². The van der Waals surface area contributed by atoms with Gasteiger partial charge in [0.1, 0.15) is 0 Å². The number of nitrogens with zero attached hydrogens (tertiary/aromatic N) is 1. The van der Waals surface area contributed by atoms with Gasteiger partial charge in [0.15, 0.2) is 0 Å². The smallest absolute Gasteiger partial charge is 0.371 e.